The summed E-state index contributed by atoms with van der Waals surface area (Å²) >= 11 is 0. The van der Waals surface area contributed by atoms with Crippen molar-refractivity contribution in [3.8, 4) is 11.1 Å². The lowest BCUT2D eigenvalue weighted by molar-refractivity contribution is 1.11. The molecule has 1 aromatic heterocycles. The van der Waals surface area contributed by atoms with E-state index in [1.165, 1.54) is 44.1 Å². The molecule has 1 heterocycles. The van der Waals surface area contributed by atoms with Crippen molar-refractivity contribution < 1.29 is 0 Å². The highest BCUT2D eigenvalue weighted by molar-refractivity contribution is 6.12. The van der Waals surface area contributed by atoms with Gasteiger partial charge < -0.3 is 9.88 Å². The maximum atomic E-state index is 4.07. The molecule has 2 heteroatoms. The minimum Gasteiger partial charge on any atom is -0.366 e. The second-order valence-corrected chi connectivity index (χ2v) is 9.86. The average molecular weight is 521 g/mol. The van der Waals surface area contributed by atoms with Gasteiger partial charge >= 0.3 is 0 Å². The van der Waals surface area contributed by atoms with Gasteiger partial charge in [0.1, 0.15) is 0 Å². The van der Waals surface area contributed by atoms with Crippen LogP contribution >= 0.6 is 0 Å². The molecule has 0 atom stereocenters. The van der Waals surface area contributed by atoms with E-state index in [1.54, 1.807) is 0 Å². The molecule has 1 N–H and O–H groups in total. The molecule has 0 radical (unpaired) electrons. The summed E-state index contributed by atoms with van der Waals surface area (Å²) < 4.78 is 2.35. The monoisotopic (exact) mass is 520 g/mol. The molecule has 0 saturated heterocycles. The van der Waals surface area contributed by atoms with Gasteiger partial charge in [0.2, 0.25) is 0 Å². The summed E-state index contributed by atoms with van der Waals surface area (Å²) in [5, 5.41) is 5.93. The fourth-order valence-electron chi connectivity index (χ4n) is 5.24. The first-order valence-corrected chi connectivity index (χ1v) is 13.9. The van der Waals surface area contributed by atoms with E-state index in [9.17, 15) is 0 Å². The smallest absolute Gasteiger partial charge is 0.0538 e. The van der Waals surface area contributed by atoms with Crippen LogP contribution in [0.4, 0.5) is 0 Å². The molecule has 0 amide bonds. The van der Waals surface area contributed by atoms with Crippen LogP contribution in [-0.4, -0.2) is 4.57 Å². The lowest BCUT2D eigenvalue weighted by atomic mass is 10.00. The van der Waals surface area contributed by atoms with Crippen molar-refractivity contribution in [3.05, 3.63) is 151 Å². The first-order chi connectivity index (χ1) is 19.6. The third-order valence-corrected chi connectivity index (χ3v) is 7.32. The number of hydrogen-bond acceptors (Lipinski definition) is 1. The SMILES string of the molecule is C=C/C(=C\C=C/C)c1ccc2c(c1)c1cc(-c3ccccc3)ccc1n2C(C)=CN/C=C(\CC)c1ccccc1. The van der Waals surface area contributed by atoms with Crippen LogP contribution < -0.4 is 5.32 Å². The first kappa shape index (κ1) is 26.8. The van der Waals surface area contributed by atoms with Gasteiger partial charge in [0.15, 0.2) is 0 Å². The first-order valence-electron chi connectivity index (χ1n) is 13.9. The number of nitrogens with one attached hydrogen (secondary N) is 1. The van der Waals surface area contributed by atoms with Gasteiger partial charge in [0.05, 0.1) is 11.0 Å². The number of allylic oxidation sites excluding steroid dienone is 7. The fraction of sp³-hybridized carbons (Fsp3) is 0.105. The number of benzene rings is 4. The lowest BCUT2D eigenvalue weighted by Gasteiger charge is -2.10. The van der Waals surface area contributed by atoms with E-state index in [0.29, 0.717) is 0 Å². The van der Waals surface area contributed by atoms with E-state index < -0.39 is 0 Å². The zero-order valence-corrected chi connectivity index (χ0v) is 23.6. The van der Waals surface area contributed by atoms with Crippen LogP contribution in [-0.2, 0) is 0 Å². The van der Waals surface area contributed by atoms with Gasteiger partial charge in [-0.3, -0.25) is 0 Å². The summed E-state index contributed by atoms with van der Waals surface area (Å²) in [6.45, 7) is 10.4. The largest absolute Gasteiger partial charge is 0.366 e. The molecule has 198 valence electrons. The maximum absolute atomic E-state index is 4.07. The number of rotatable bonds is 9. The maximum Gasteiger partial charge on any atom is 0.0538 e. The minimum absolute atomic E-state index is 0.955. The normalized spacial score (nSPS) is 12.9. The molecule has 0 aliphatic rings. The zero-order chi connectivity index (χ0) is 27.9. The highest BCUT2D eigenvalue weighted by atomic mass is 15.0. The molecule has 0 saturated carbocycles. The molecule has 0 unspecified atom stereocenters. The number of fused-ring (bicyclic) bond motifs is 3. The third kappa shape index (κ3) is 5.48. The predicted octanol–water partition coefficient (Wildman–Crippen LogP) is 10.5. The second kappa shape index (κ2) is 12.4. The highest BCUT2D eigenvalue weighted by Crippen LogP contribution is 2.36. The molecule has 2 nitrogen and oxygen atoms in total. The summed E-state index contributed by atoms with van der Waals surface area (Å²) in [5.41, 5.74) is 10.7. The van der Waals surface area contributed by atoms with Gasteiger partial charge in [-0.1, -0.05) is 111 Å². The van der Waals surface area contributed by atoms with Crippen molar-refractivity contribution >= 4 is 38.6 Å². The Hall–Kier alpha value is -4.82. The standard InChI is InChI=1S/C38H36N2/c1-5-8-15-29(6-2)33-20-22-37-35(24-33)36-25-34(32-18-13-10-14-19-32)21-23-38(36)40(37)28(4)26-39-27-30(7-3)31-16-11-9-12-17-31/h5-6,8-27,39H,2,7H2,1,3-4H3/b8-5-,28-26?,29-15+,30-27+. The molecule has 0 spiro atoms. The number of hydrogen-bond donors (Lipinski definition) is 1. The molecule has 4 aromatic carbocycles. The second-order valence-electron chi connectivity index (χ2n) is 9.86. The van der Waals surface area contributed by atoms with Gasteiger partial charge in [0, 0.05) is 28.9 Å². The Labute approximate surface area is 238 Å². The van der Waals surface area contributed by atoms with Gasteiger partial charge in [-0.15, -0.1) is 0 Å². The minimum atomic E-state index is 0.955. The Bertz CT molecular complexity index is 1760. The molecule has 0 fully saturated rings. The molecule has 5 aromatic rings. The quantitative estimate of drug-likeness (QED) is 0.191. The van der Waals surface area contributed by atoms with Crippen molar-refractivity contribution in [1.82, 2.24) is 9.88 Å². The Morgan fingerprint density at radius 2 is 1.45 bits per heavy atom. The van der Waals surface area contributed by atoms with E-state index in [0.717, 1.165) is 23.3 Å². The third-order valence-electron chi connectivity index (χ3n) is 7.32. The lowest BCUT2D eigenvalue weighted by Crippen LogP contribution is -2.01. The number of nitrogens with zero attached hydrogens (tertiary/aromatic N) is 1. The van der Waals surface area contributed by atoms with Gasteiger partial charge in [0.25, 0.3) is 0 Å². The Kier molecular flexibility index (Phi) is 8.27. The summed E-state index contributed by atoms with van der Waals surface area (Å²) in [6.07, 6.45) is 13.3. The van der Waals surface area contributed by atoms with E-state index in [-0.39, 0.29) is 0 Å². The van der Waals surface area contributed by atoms with Crippen molar-refractivity contribution in [2.24, 2.45) is 0 Å². The zero-order valence-electron chi connectivity index (χ0n) is 23.6. The Balaban J connectivity index is 1.65. The van der Waals surface area contributed by atoms with E-state index in [1.807, 2.05) is 19.1 Å². The van der Waals surface area contributed by atoms with Gasteiger partial charge in [-0.05, 0) is 77.9 Å². The fourth-order valence-corrected chi connectivity index (χ4v) is 5.24. The van der Waals surface area contributed by atoms with Crippen LogP contribution in [0.25, 0.3) is 49.8 Å². The van der Waals surface area contributed by atoms with Gasteiger partial charge in [-0.2, -0.15) is 0 Å². The molecule has 40 heavy (non-hydrogen) atoms. The van der Waals surface area contributed by atoms with Crippen LogP contribution in [0, 0.1) is 0 Å². The van der Waals surface area contributed by atoms with Crippen LogP contribution in [0.5, 0.6) is 0 Å². The molecule has 0 aliphatic heterocycles. The predicted molar refractivity (Wildman–Crippen MR) is 176 cm³/mol. The van der Waals surface area contributed by atoms with Crippen LogP contribution in [0.2, 0.25) is 0 Å². The summed E-state index contributed by atoms with van der Waals surface area (Å²) in [7, 11) is 0. The van der Waals surface area contributed by atoms with Gasteiger partial charge in [-0.25, -0.2) is 0 Å². The molecule has 5 rings (SSSR count). The van der Waals surface area contributed by atoms with E-state index in [4.69, 9.17) is 0 Å². The molecular formula is C38H36N2. The summed E-state index contributed by atoms with van der Waals surface area (Å²) in [6, 6.07) is 34.6. The average Bonchev–Trinajstić information content (AvgIpc) is 3.33. The van der Waals surface area contributed by atoms with Crippen LogP contribution in [0.15, 0.2) is 140 Å². The summed E-state index contributed by atoms with van der Waals surface area (Å²) in [5.74, 6) is 0. The van der Waals surface area contributed by atoms with Crippen molar-refractivity contribution in [1.29, 1.82) is 0 Å². The Morgan fingerprint density at radius 1 is 0.775 bits per heavy atom. The molecular weight excluding hydrogens is 484 g/mol. The topological polar surface area (TPSA) is 17.0 Å². The van der Waals surface area contributed by atoms with Crippen molar-refractivity contribution in [3.63, 3.8) is 0 Å². The van der Waals surface area contributed by atoms with Crippen LogP contribution in [0.1, 0.15) is 38.3 Å². The van der Waals surface area contributed by atoms with Crippen molar-refractivity contribution in [2.75, 3.05) is 0 Å². The van der Waals surface area contributed by atoms with E-state index >= 15 is 0 Å². The van der Waals surface area contributed by atoms with E-state index in [2.05, 4.69) is 152 Å². The molecule has 0 aliphatic carbocycles. The van der Waals surface area contributed by atoms with Crippen molar-refractivity contribution in [2.45, 2.75) is 27.2 Å². The summed E-state index contributed by atoms with van der Waals surface area (Å²) in [4.78, 5) is 0. The number of aromatic nitrogens is 1. The molecule has 0 bridgehead atoms. The Morgan fingerprint density at radius 3 is 2.12 bits per heavy atom. The van der Waals surface area contributed by atoms with Crippen LogP contribution in [0.3, 0.4) is 0 Å². The highest BCUT2D eigenvalue weighted by Gasteiger charge is 2.14.